The van der Waals surface area contributed by atoms with Gasteiger partial charge in [-0.2, -0.15) is 0 Å². The van der Waals surface area contributed by atoms with Crippen LogP contribution in [-0.2, 0) is 16.1 Å². The maximum absolute atomic E-state index is 14.2. The lowest BCUT2D eigenvalue weighted by atomic mass is 9.80. The van der Waals surface area contributed by atoms with E-state index in [9.17, 15) is 14.0 Å². The van der Waals surface area contributed by atoms with Gasteiger partial charge in [-0.15, -0.1) is 0 Å². The highest BCUT2D eigenvalue weighted by molar-refractivity contribution is 6.09. The van der Waals surface area contributed by atoms with Crippen LogP contribution in [0.5, 0.6) is 0 Å². The number of ether oxygens (including phenoxy) is 2. The summed E-state index contributed by atoms with van der Waals surface area (Å²) in [5.74, 6) is -0.588. The van der Waals surface area contributed by atoms with E-state index >= 15 is 0 Å². The van der Waals surface area contributed by atoms with E-state index in [0.29, 0.717) is 42.4 Å². The van der Waals surface area contributed by atoms with Crippen molar-refractivity contribution in [3.8, 4) is 0 Å². The molecule has 2 heterocycles. The summed E-state index contributed by atoms with van der Waals surface area (Å²) in [4.78, 5) is 28.1. The Hall–Kier alpha value is -3.25. The number of benzene rings is 3. The van der Waals surface area contributed by atoms with Crippen molar-refractivity contribution in [3.05, 3.63) is 83.7 Å². The standard InChI is InChI=1S/C26H24FNO4/c27-24-11-10-23(21-8-4-5-9-22(21)24)25(29)18-12-19-15-31-16-20(13-18)28(19)26(30)32-14-17-6-2-1-3-7-17/h1-11,18-20H,12-16H2. The van der Waals surface area contributed by atoms with Gasteiger partial charge in [0.05, 0.1) is 25.3 Å². The second kappa shape index (κ2) is 8.71. The van der Waals surface area contributed by atoms with Gasteiger partial charge in [0.1, 0.15) is 12.4 Å². The third kappa shape index (κ3) is 3.86. The zero-order valence-electron chi connectivity index (χ0n) is 17.6. The maximum atomic E-state index is 14.2. The van der Waals surface area contributed by atoms with E-state index in [1.54, 1.807) is 29.2 Å². The number of carbonyl (C=O) groups excluding carboxylic acids is 2. The predicted octanol–water partition coefficient (Wildman–Crippen LogP) is 4.98. The number of fused-ring (bicyclic) bond motifs is 3. The third-order valence-corrected chi connectivity index (χ3v) is 6.44. The van der Waals surface area contributed by atoms with E-state index < -0.39 is 0 Å². The SMILES string of the molecule is O=C(c1ccc(F)c2ccccc12)C1CC2COCC(C1)N2C(=O)OCc1ccccc1. The van der Waals surface area contributed by atoms with Gasteiger partial charge in [-0.25, -0.2) is 9.18 Å². The molecule has 2 atom stereocenters. The monoisotopic (exact) mass is 433 g/mol. The Bertz CT molecular complexity index is 1140. The molecule has 6 heteroatoms. The van der Waals surface area contributed by atoms with Crippen molar-refractivity contribution in [3.63, 3.8) is 0 Å². The second-order valence-corrected chi connectivity index (χ2v) is 8.47. The van der Waals surface area contributed by atoms with Crippen molar-refractivity contribution in [1.29, 1.82) is 0 Å². The van der Waals surface area contributed by atoms with Crippen LogP contribution in [0.3, 0.4) is 0 Å². The van der Waals surface area contributed by atoms with Gasteiger partial charge >= 0.3 is 6.09 Å². The molecule has 2 bridgehead atoms. The summed E-state index contributed by atoms with van der Waals surface area (Å²) in [6.45, 7) is 0.968. The molecule has 2 fully saturated rings. The molecule has 0 aromatic heterocycles. The Morgan fingerprint density at radius 3 is 2.28 bits per heavy atom. The van der Waals surface area contributed by atoms with Gasteiger partial charge in [-0.05, 0) is 35.9 Å². The number of hydrogen-bond donors (Lipinski definition) is 0. The van der Waals surface area contributed by atoms with Crippen LogP contribution in [-0.4, -0.2) is 42.1 Å². The molecule has 0 radical (unpaired) electrons. The lowest BCUT2D eigenvalue weighted by Crippen LogP contribution is -2.59. The van der Waals surface area contributed by atoms with Crippen LogP contribution in [0.2, 0.25) is 0 Å². The Labute approximate surface area is 185 Å². The number of nitrogens with zero attached hydrogens (tertiary/aromatic N) is 1. The van der Waals surface area contributed by atoms with Crippen LogP contribution >= 0.6 is 0 Å². The molecule has 32 heavy (non-hydrogen) atoms. The molecule has 1 amide bonds. The number of carbonyl (C=O) groups is 2. The molecular weight excluding hydrogens is 409 g/mol. The number of morpholine rings is 1. The Morgan fingerprint density at radius 2 is 1.56 bits per heavy atom. The first-order chi connectivity index (χ1) is 15.6. The molecule has 0 saturated carbocycles. The second-order valence-electron chi connectivity index (χ2n) is 8.47. The van der Waals surface area contributed by atoms with Crippen molar-refractivity contribution in [2.24, 2.45) is 5.92 Å². The van der Waals surface area contributed by atoms with Gasteiger partial charge in [0, 0.05) is 16.9 Å². The summed E-state index contributed by atoms with van der Waals surface area (Å²) in [5.41, 5.74) is 1.46. The van der Waals surface area contributed by atoms with Crippen LogP contribution < -0.4 is 0 Å². The molecule has 5 nitrogen and oxygen atoms in total. The van der Waals surface area contributed by atoms with E-state index in [2.05, 4.69) is 0 Å². The molecule has 3 aromatic rings. The van der Waals surface area contributed by atoms with Gasteiger partial charge in [0.15, 0.2) is 5.78 Å². The summed E-state index contributed by atoms with van der Waals surface area (Å²) in [7, 11) is 0. The van der Waals surface area contributed by atoms with Crippen molar-refractivity contribution in [2.45, 2.75) is 31.5 Å². The number of hydrogen-bond acceptors (Lipinski definition) is 4. The van der Waals surface area contributed by atoms with Crippen LogP contribution in [0, 0.1) is 11.7 Å². The number of amides is 1. The first-order valence-electron chi connectivity index (χ1n) is 10.9. The van der Waals surface area contributed by atoms with E-state index in [1.807, 2.05) is 36.4 Å². The summed E-state index contributed by atoms with van der Waals surface area (Å²) < 4.78 is 25.5. The normalized spacial score (nSPS) is 22.5. The first kappa shape index (κ1) is 20.6. The lowest BCUT2D eigenvalue weighted by molar-refractivity contribution is -0.0755. The minimum Gasteiger partial charge on any atom is -0.445 e. The average molecular weight is 433 g/mol. The predicted molar refractivity (Wildman–Crippen MR) is 118 cm³/mol. The Kier molecular flexibility index (Phi) is 5.62. The Balaban J connectivity index is 1.33. The number of rotatable bonds is 4. The molecule has 164 valence electrons. The number of piperidine rings is 1. The van der Waals surface area contributed by atoms with Crippen LogP contribution in [0.1, 0.15) is 28.8 Å². The molecule has 3 aromatic carbocycles. The Morgan fingerprint density at radius 1 is 0.906 bits per heavy atom. The van der Waals surface area contributed by atoms with Gasteiger partial charge in [-0.1, -0.05) is 54.6 Å². The molecule has 2 saturated heterocycles. The van der Waals surface area contributed by atoms with E-state index in [-0.39, 0.29) is 42.3 Å². The van der Waals surface area contributed by atoms with Crippen LogP contribution in [0.4, 0.5) is 9.18 Å². The van der Waals surface area contributed by atoms with Gasteiger partial charge < -0.3 is 9.47 Å². The number of halogens is 1. The van der Waals surface area contributed by atoms with Crippen molar-refractivity contribution in [2.75, 3.05) is 13.2 Å². The van der Waals surface area contributed by atoms with E-state index in [4.69, 9.17) is 9.47 Å². The highest BCUT2D eigenvalue weighted by Crippen LogP contribution is 2.35. The van der Waals surface area contributed by atoms with Crippen molar-refractivity contribution in [1.82, 2.24) is 4.90 Å². The molecule has 2 unspecified atom stereocenters. The number of Topliss-reactive ketones (excluding diaryl/α,β-unsaturated/α-hetero) is 1. The van der Waals surface area contributed by atoms with Gasteiger partial charge in [0.25, 0.3) is 0 Å². The largest absolute Gasteiger partial charge is 0.445 e. The molecular formula is C26H24FNO4. The quantitative estimate of drug-likeness (QED) is 0.545. The van der Waals surface area contributed by atoms with Gasteiger partial charge in [-0.3, -0.25) is 9.69 Å². The minimum atomic E-state index is -0.370. The molecule has 2 aliphatic heterocycles. The average Bonchev–Trinajstić information content (AvgIpc) is 2.82. The van der Waals surface area contributed by atoms with Crippen molar-refractivity contribution < 1.29 is 23.5 Å². The molecule has 2 aliphatic rings. The summed E-state index contributed by atoms with van der Waals surface area (Å²) in [6.07, 6.45) is 0.633. The first-order valence-corrected chi connectivity index (χ1v) is 10.9. The zero-order valence-corrected chi connectivity index (χ0v) is 17.6. The fraction of sp³-hybridized carbons (Fsp3) is 0.308. The lowest BCUT2D eigenvalue weighted by Gasteiger charge is -2.47. The summed E-state index contributed by atoms with van der Waals surface area (Å²) in [5, 5.41) is 1.08. The van der Waals surface area contributed by atoms with Crippen molar-refractivity contribution >= 4 is 22.6 Å². The fourth-order valence-corrected chi connectivity index (χ4v) is 4.92. The summed E-state index contributed by atoms with van der Waals surface area (Å²) in [6, 6.07) is 19.1. The zero-order chi connectivity index (χ0) is 22.1. The van der Waals surface area contributed by atoms with Crippen LogP contribution in [0.25, 0.3) is 10.8 Å². The molecule has 0 N–H and O–H groups in total. The minimum absolute atomic E-state index is 0.00426. The molecule has 0 aliphatic carbocycles. The third-order valence-electron chi connectivity index (χ3n) is 6.44. The van der Waals surface area contributed by atoms with E-state index in [0.717, 1.165) is 5.56 Å². The maximum Gasteiger partial charge on any atom is 0.410 e. The topological polar surface area (TPSA) is 55.8 Å². The highest BCUT2D eigenvalue weighted by Gasteiger charge is 2.44. The van der Waals surface area contributed by atoms with Gasteiger partial charge in [0.2, 0.25) is 0 Å². The summed E-state index contributed by atoms with van der Waals surface area (Å²) >= 11 is 0. The highest BCUT2D eigenvalue weighted by atomic mass is 19.1. The fourth-order valence-electron chi connectivity index (χ4n) is 4.92. The smallest absolute Gasteiger partial charge is 0.410 e. The van der Waals surface area contributed by atoms with E-state index in [1.165, 1.54) is 6.07 Å². The molecule has 0 spiro atoms. The molecule has 5 rings (SSSR count). The number of ketones is 1. The van der Waals surface area contributed by atoms with Crippen LogP contribution in [0.15, 0.2) is 66.7 Å².